The number of amides is 1. The van der Waals surface area contributed by atoms with E-state index in [1.54, 1.807) is 43.3 Å². The molecular weight excluding hydrogens is 408 g/mol. The normalized spacial score (nSPS) is 12.4. The highest BCUT2D eigenvalue weighted by Gasteiger charge is 2.17. The number of carbonyl (C=O) groups excluding carboxylic acids is 1. The second kappa shape index (κ2) is 8.75. The van der Waals surface area contributed by atoms with Gasteiger partial charge in [0.25, 0.3) is 5.91 Å². The predicted octanol–water partition coefficient (Wildman–Crippen LogP) is 4.74. The molecule has 0 saturated carbocycles. The summed E-state index contributed by atoms with van der Waals surface area (Å²) in [6.07, 6.45) is 0. The van der Waals surface area contributed by atoms with Crippen LogP contribution in [0.1, 0.15) is 40.0 Å². The Labute approximate surface area is 174 Å². The third-order valence-electron chi connectivity index (χ3n) is 4.74. The molecule has 4 nitrogen and oxygen atoms in total. The molecule has 0 aliphatic heterocycles. The fourth-order valence-corrected chi connectivity index (χ4v) is 4.29. The van der Waals surface area contributed by atoms with Crippen molar-refractivity contribution in [2.24, 2.45) is 0 Å². The first-order chi connectivity index (χ1) is 14.2. The van der Waals surface area contributed by atoms with Gasteiger partial charge in [-0.3, -0.25) is 4.79 Å². The standard InChI is InChI=1S/C23H21F2NO3S/c1-15-3-10-20(11-4-15)30(28,29)14-17-5-7-18(8-6-17)23(27)26-16(2)19-9-12-21(24)22(25)13-19/h3-13,16H,14H2,1-2H3,(H,26,27). The van der Waals surface area contributed by atoms with E-state index in [4.69, 9.17) is 0 Å². The molecule has 0 fully saturated rings. The summed E-state index contributed by atoms with van der Waals surface area (Å²) in [4.78, 5) is 12.7. The lowest BCUT2D eigenvalue weighted by atomic mass is 10.1. The first kappa shape index (κ1) is 21.6. The van der Waals surface area contributed by atoms with Crippen LogP contribution in [-0.4, -0.2) is 14.3 Å². The van der Waals surface area contributed by atoms with Gasteiger partial charge in [0.2, 0.25) is 0 Å². The molecule has 0 bridgehead atoms. The van der Waals surface area contributed by atoms with Gasteiger partial charge >= 0.3 is 0 Å². The number of benzene rings is 3. The third kappa shape index (κ3) is 5.10. The molecule has 0 saturated heterocycles. The lowest BCUT2D eigenvalue weighted by Gasteiger charge is -2.15. The molecule has 0 aliphatic rings. The van der Waals surface area contributed by atoms with E-state index in [0.29, 0.717) is 16.7 Å². The Morgan fingerprint density at radius 2 is 1.57 bits per heavy atom. The molecule has 7 heteroatoms. The van der Waals surface area contributed by atoms with Crippen LogP contribution in [0.2, 0.25) is 0 Å². The van der Waals surface area contributed by atoms with Crippen LogP contribution >= 0.6 is 0 Å². The number of hydrogen-bond donors (Lipinski definition) is 1. The summed E-state index contributed by atoms with van der Waals surface area (Å²) in [6.45, 7) is 3.54. The monoisotopic (exact) mass is 429 g/mol. The maximum Gasteiger partial charge on any atom is 0.251 e. The summed E-state index contributed by atoms with van der Waals surface area (Å²) in [7, 11) is -3.49. The Hall–Kier alpha value is -3.06. The summed E-state index contributed by atoms with van der Waals surface area (Å²) < 4.78 is 51.5. The fraction of sp³-hybridized carbons (Fsp3) is 0.174. The van der Waals surface area contributed by atoms with Crippen LogP contribution in [0.5, 0.6) is 0 Å². The van der Waals surface area contributed by atoms with Gasteiger partial charge in [-0.1, -0.05) is 35.9 Å². The zero-order valence-electron chi connectivity index (χ0n) is 16.5. The minimum atomic E-state index is -3.49. The van der Waals surface area contributed by atoms with Crippen molar-refractivity contribution in [3.8, 4) is 0 Å². The van der Waals surface area contributed by atoms with Crippen molar-refractivity contribution in [2.75, 3.05) is 0 Å². The maximum absolute atomic E-state index is 13.4. The van der Waals surface area contributed by atoms with Crippen molar-refractivity contribution >= 4 is 15.7 Å². The molecule has 0 heterocycles. The molecule has 1 amide bonds. The lowest BCUT2D eigenvalue weighted by Crippen LogP contribution is -2.26. The number of hydrogen-bond acceptors (Lipinski definition) is 3. The molecule has 0 aromatic heterocycles. The van der Waals surface area contributed by atoms with Gasteiger partial charge < -0.3 is 5.32 Å². The largest absolute Gasteiger partial charge is 0.346 e. The van der Waals surface area contributed by atoms with Gasteiger partial charge in [-0.25, -0.2) is 17.2 Å². The van der Waals surface area contributed by atoms with Crippen LogP contribution in [0.15, 0.2) is 71.6 Å². The van der Waals surface area contributed by atoms with Gasteiger partial charge in [-0.15, -0.1) is 0 Å². The van der Waals surface area contributed by atoms with Crippen molar-refractivity contribution in [3.05, 3.63) is 101 Å². The van der Waals surface area contributed by atoms with Gasteiger partial charge in [0.15, 0.2) is 21.5 Å². The minimum absolute atomic E-state index is 0.177. The highest BCUT2D eigenvalue weighted by atomic mass is 32.2. The van der Waals surface area contributed by atoms with Crippen LogP contribution in [0.25, 0.3) is 0 Å². The van der Waals surface area contributed by atoms with Crippen molar-refractivity contribution < 1.29 is 22.0 Å². The first-order valence-electron chi connectivity index (χ1n) is 9.30. The van der Waals surface area contributed by atoms with Crippen molar-refractivity contribution in [2.45, 2.75) is 30.5 Å². The summed E-state index contributed by atoms with van der Waals surface area (Å²) in [5.74, 6) is -2.51. The number of rotatable bonds is 6. The van der Waals surface area contributed by atoms with E-state index in [-0.39, 0.29) is 10.6 Å². The van der Waals surface area contributed by atoms with E-state index >= 15 is 0 Å². The molecular formula is C23H21F2NO3S. The second-order valence-electron chi connectivity index (χ2n) is 7.14. The average Bonchev–Trinajstić information content (AvgIpc) is 2.70. The zero-order valence-corrected chi connectivity index (χ0v) is 17.3. The van der Waals surface area contributed by atoms with Gasteiger partial charge in [-0.2, -0.15) is 0 Å². The summed E-state index contributed by atoms with van der Waals surface area (Å²) in [5.41, 5.74) is 2.30. The molecule has 30 heavy (non-hydrogen) atoms. The molecule has 3 aromatic rings. The van der Waals surface area contributed by atoms with Gasteiger partial charge in [0, 0.05) is 5.56 Å². The Morgan fingerprint density at radius 1 is 0.933 bits per heavy atom. The molecule has 0 radical (unpaired) electrons. The number of sulfone groups is 1. The minimum Gasteiger partial charge on any atom is -0.346 e. The first-order valence-corrected chi connectivity index (χ1v) is 10.9. The quantitative estimate of drug-likeness (QED) is 0.616. The lowest BCUT2D eigenvalue weighted by molar-refractivity contribution is 0.0940. The Balaban J connectivity index is 1.68. The number of aryl methyl sites for hydroxylation is 1. The van der Waals surface area contributed by atoms with Crippen LogP contribution in [0, 0.1) is 18.6 Å². The zero-order chi connectivity index (χ0) is 21.9. The summed E-state index contributed by atoms with van der Waals surface area (Å²) in [5, 5.41) is 2.71. The summed E-state index contributed by atoms with van der Waals surface area (Å²) in [6, 6.07) is 15.8. The molecule has 0 aliphatic carbocycles. The highest BCUT2D eigenvalue weighted by Crippen LogP contribution is 2.19. The molecule has 3 aromatic carbocycles. The molecule has 1 unspecified atom stereocenters. The predicted molar refractivity (Wildman–Crippen MR) is 111 cm³/mol. The van der Waals surface area contributed by atoms with Gasteiger partial charge in [0.1, 0.15) is 0 Å². The van der Waals surface area contributed by atoms with Crippen LogP contribution in [-0.2, 0) is 15.6 Å². The third-order valence-corrected chi connectivity index (χ3v) is 6.45. The van der Waals surface area contributed by atoms with Crippen molar-refractivity contribution in [3.63, 3.8) is 0 Å². The van der Waals surface area contributed by atoms with Crippen molar-refractivity contribution in [1.82, 2.24) is 5.32 Å². The number of carbonyl (C=O) groups is 1. The smallest absolute Gasteiger partial charge is 0.251 e. The molecule has 3 rings (SSSR count). The van der Waals surface area contributed by atoms with Crippen molar-refractivity contribution in [1.29, 1.82) is 0 Å². The average molecular weight is 429 g/mol. The van der Waals surface area contributed by atoms with Gasteiger partial charge in [0.05, 0.1) is 16.7 Å². The van der Waals surface area contributed by atoms with Crippen LogP contribution in [0.3, 0.4) is 0 Å². The van der Waals surface area contributed by atoms with Crippen LogP contribution in [0.4, 0.5) is 8.78 Å². The van der Waals surface area contributed by atoms with E-state index in [0.717, 1.165) is 17.7 Å². The van der Waals surface area contributed by atoms with Gasteiger partial charge in [-0.05, 0) is 61.4 Å². The number of halogens is 2. The Bertz CT molecular complexity index is 1160. The molecule has 1 N–H and O–H groups in total. The van der Waals surface area contributed by atoms with E-state index in [2.05, 4.69) is 5.32 Å². The van der Waals surface area contributed by atoms with E-state index in [9.17, 15) is 22.0 Å². The topological polar surface area (TPSA) is 63.2 Å². The van der Waals surface area contributed by atoms with E-state index < -0.39 is 33.4 Å². The Morgan fingerprint density at radius 3 is 2.17 bits per heavy atom. The van der Waals surface area contributed by atoms with Crippen LogP contribution < -0.4 is 5.32 Å². The van der Waals surface area contributed by atoms with E-state index in [1.807, 2.05) is 6.92 Å². The fourth-order valence-electron chi connectivity index (χ4n) is 2.95. The SMILES string of the molecule is Cc1ccc(S(=O)(=O)Cc2ccc(C(=O)NC(C)c3ccc(F)c(F)c3)cc2)cc1. The number of nitrogens with one attached hydrogen (secondary N) is 1. The highest BCUT2D eigenvalue weighted by molar-refractivity contribution is 7.90. The molecule has 156 valence electrons. The van der Waals surface area contributed by atoms with E-state index in [1.165, 1.54) is 18.2 Å². The molecule has 0 spiro atoms. The Kier molecular flexibility index (Phi) is 6.31. The maximum atomic E-state index is 13.4. The second-order valence-corrected chi connectivity index (χ2v) is 9.13. The molecule has 1 atom stereocenters. The summed E-state index contributed by atoms with van der Waals surface area (Å²) >= 11 is 0.